The van der Waals surface area contributed by atoms with Crippen LogP contribution in [-0.4, -0.2) is 63.1 Å². The fourth-order valence-electron chi connectivity index (χ4n) is 2.98. The molecule has 0 bridgehead atoms. The lowest BCUT2D eigenvalue weighted by Crippen LogP contribution is -2.60. The number of aliphatic hydroxyl groups excluding tert-OH is 3. The summed E-state index contributed by atoms with van der Waals surface area (Å²) in [6.07, 6.45) is -9.26. The third-order valence-electron chi connectivity index (χ3n) is 4.72. The lowest BCUT2D eigenvalue weighted by atomic mass is 9.99. The van der Waals surface area contributed by atoms with Gasteiger partial charge in [0.25, 0.3) is 0 Å². The third kappa shape index (κ3) is 4.40. The first kappa shape index (κ1) is 22.0. The smallest absolute Gasteiger partial charge is 0.342 e. The van der Waals surface area contributed by atoms with E-state index < -0.39 is 42.6 Å². The number of carboxylic acid groups (broad SMARTS) is 1. The van der Waals surface area contributed by atoms with Crippen LogP contribution in [0.15, 0.2) is 42.5 Å². The maximum absolute atomic E-state index is 12.7. The van der Waals surface area contributed by atoms with Crippen LogP contribution in [0.25, 0.3) is 0 Å². The number of ether oxygens (including phenoxy) is 2. The van der Waals surface area contributed by atoms with Crippen molar-refractivity contribution in [3.05, 3.63) is 58.6 Å². The number of halogens is 1. The van der Waals surface area contributed by atoms with E-state index in [-0.39, 0.29) is 5.56 Å². The molecule has 0 radical (unpaired) electrons. The number of esters is 1. The van der Waals surface area contributed by atoms with E-state index in [1.807, 2.05) is 0 Å². The molecule has 2 aromatic carbocycles. The number of benzene rings is 2. The van der Waals surface area contributed by atoms with E-state index in [1.54, 1.807) is 43.3 Å². The van der Waals surface area contributed by atoms with Crippen molar-refractivity contribution >= 4 is 34.9 Å². The number of aliphatic hydroxyl groups is 3. The Kier molecular flexibility index (Phi) is 6.59. The molecule has 5 N–H and O–H groups in total. The Labute approximate surface area is 176 Å². The monoisotopic (exact) mass is 437 g/mol. The molecule has 0 amide bonds. The number of hydrogen-bond donors (Lipinski definition) is 5. The second-order valence-corrected chi connectivity index (χ2v) is 7.13. The Balaban J connectivity index is 1.82. The largest absolute Gasteiger partial charge is 0.479 e. The van der Waals surface area contributed by atoms with Crippen LogP contribution in [-0.2, 0) is 14.3 Å². The van der Waals surface area contributed by atoms with Gasteiger partial charge in [0.15, 0.2) is 6.10 Å². The molecule has 1 aliphatic heterocycles. The van der Waals surface area contributed by atoms with Crippen molar-refractivity contribution in [3.63, 3.8) is 0 Å². The summed E-state index contributed by atoms with van der Waals surface area (Å²) in [4.78, 5) is 23.9. The molecule has 2 aromatic rings. The topological polar surface area (TPSA) is 146 Å². The average molecular weight is 438 g/mol. The molecule has 5 atom stereocenters. The van der Waals surface area contributed by atoms with Crippen molar-refractivity contribution < 1.29 is 39.5 Å². The van der Waals surface area contributed by atoms with Crippen LogP contribution in [0.3, 0.4) is 0 Å². The van der Waals surface area contributed by atoms with Crippen LogP contribution < -0.4 is 5.32 Å². The van der Waals surface area contributed by atoms with Crippen LogP contribution in [0.4, 0.5) is 11.4 Å². The van der Waals surface area contributed by atoms with E-state index in [9.17, 15) is 24.9 Å². The van der Waals surface area contributed by atoms with Gasteiger partial charge in [-0.25, -0.2) is 9.59 Å². The molecule has 5 unspecified atom stereocenters. The molecule has 30 heavy (non-hydrogen) atoms. The molecule has 0 aliphatic carbocycles. The van der Waals surface area contributed by atoms with Crippen LogP contribution in [0.2, 0.25) is 5.02 Å². The van der Waals surface area contributed by atoms with Crippen LogP contribution in [0.1, 0.15) is 15.9 Å². The Bertz CT molecular complexity index is 952. The van der Waals surface area contributed by atoms with E-state index >= 15 is 0 Å². The van der Waals surface area contributed by atoms with Gasteiger partial charge < -0.3 is 35.2 Å². The summed E-state index contributed by atoms with van der Waals surface area (Å²) < 4.78 is 10.1. The summed E-state index contributed by atoms with van der Waals surface area (Å²) in [6, 6.07) is 11.6. The summed E-state index contributed by atoms with van der Waals surface area (Å²) in [7, 11) is 0. The molecule has 1 fully saturated rings. The molecule has 0 saturated carbocycles. The molecule has 1 aliphatic rings. The van der Waals surface area contributed by atoms with Gasteiger partial charge in [0.2, 0.25) is 6.29 Å². The average Bonchev–Trinajstić information content (AvgIpc) is 2.71. The van der Waals surface area contributed by atoms with Crippen LogP contribution in [0, 0.1) is 6.92 Å². The first-order chi connectivity index (χ1) is 14.2. The van der Waals surface area contributed by atoms with E-state index in [4.69, 9.17) is 26.2 Å². The summed E-state index contributed by atoms with van der Waals surface area (Å²) in [5, 5.41) is 42.3. The molecule has 9 nitrogen and oxygen atoms in total. The number of nitrogens with one attached hydrogen (secondary N) is 1. The standard InChI is InChI=1S/C20H20ClNO8/c1-9-11(21)6-4-8-12(9)22-13-7-3-2-5-10(13)19(28)30-20-16(25)14(23)15(24)17(29-20)18(26)27/h2-8,14-17,20,22-25H,1H3,(H,26,27). The van der Waals surface area contributed by atoms with Crippen molar-refractivity contribution in [1.29, 1.82) is 0 Å². The first-order valence-electron chi connectivity index (χ1n) is 8.95. The zero-order valence-electron chi connectivity index (χ0n) is 15.7. The number of anilines is 2. The van der Waals surface area contributed by atoms with Crippen molar-refractivity contribution in [2.24, 2.45) is 0 Å². The minimum atomic E-state index is -1.88. The van der Waals surface area contributed by atoms with Crippen molar-refractivity contribution in [3.8, 4) is 0 Å². The fraction of sp³-hybridized carbons (Fsp3) is 0.300. The van der Waals surface area contributed by atoms with Gasteiger partial charge in [0.1, 0.15) is 18.3 Å². The number of carboxylic acids is 1. The quantitative estimate of drug-likeness (QED) is 0.438. The second kappa shape index (κ2) is 8.99. The molecule has 0 aromatic heterocycles. The molecule has 1 heterocycles. The minimum Gasteiger partial charge on any atom is -0.479 e. The molecule has 160 valence electrons. The van der Waals surface area contributed by atoms with Crippen molar-refractivity contribution in [1.82, 2.24) is 0 Å². The molecule has 1 saturated heterocycles. The highest BCUT2D eigenvalue weighted by atomic mass is 35.5. The molecule has 0 spiro atoms. The summed E-state index contributed by atoms with van der Waals surface area (Å²) in [5.74, 6) is -2.51. The lowest BCUT2D eigenvalue weighted by Gasteiger charge is -2.38. The van der Waals surface area contributed by atoms with E-state index in [0.717, 1.165) is 5.56 Å². The molecular weight excluding hydrogens is 418 g/mol. The van der Waals surface area contributed by atoms with Gasteiger partial charge >= 0.3 is 11.9 Å². The van der Waals surface area contributed by atoms with E-state index in [1.165, 1.54) is 6.07 Å². The van der Waals surface area contributed by atoms with Gasteiger partial charge in [0, 0.05) is 10.7 Å². The summed E-state index contributed by atoms with van der Waals surface area (Å²) >= 11 is 6.12. The van der Waals surface area contributed by atoms with Crippen LogP contribution >= 0.6 is 11.6 Å². The number of carbonyl (C=O) groups excluding carboxylic acids is 1. The van der Waals surface area contributed by atoms with Gasteiger partial charge in [-0.05, 0) is 36.8 Å². The molecular formula is C20H20ClNO8. The Morgan fingerprint density at radius 2 is 1.67 bits per heavy atom. The SMILES string of the molecule is Cc1c(Cl)cccc1Nc1ccccc1C(=O)OC1OC(C(=O)O)C(O)C(O)C1O. The van der Waals surface area contributed by atoms with E-state index in [2.05, 4.69) is 5.32 Å². The molecule has 10 heteroatoms. The van der Waals surface area contributed by atoms with E-state index in [0.29, 0.717) is 16.4 Å². The summed E-state index contributed by atoms with van der Waals surface area (Å²) in [5.41, 5.74) is 1.85. The predicted octanol–water partition coefficient (Wildman–Crippen LogP) is 1.44. The van der Waals surface area contributed by atoms with Gasteiger partial charge in [-0.15, -0.1) is 0 Å². The maximum atomic E-state index is 12.7. The zero-order chi connectivity index (χ0) is 22.0. The predicted molar refractivity (Wildman–Crippen MR) is 106 cm³/mol. The Morgan fingerprint density at radius 1 is 1.00 bits per heavy atom. The van der Waals surface area contributed by atoms with Gasteiger partial charge in [-0.3, -0.25) is 0 Å². The van der Waals surface area contributed by atoms with Crippen LogP contribution in [0.5, 0.6) is 0 Å². The zero-order valence-corrected chi connectivity index (χ0v) is 16.5. The highest BCUT2D eigenvalue weighted by molar-refractivity contribution is 6.31. The maximum Gasteiger partial charge on any atom is 0.342 e. The van der Waals surface area contributed by atoms with Crippen molar-refractivity contribution in [2.75, 3.05) is 5.32 Å². The van der Waals surface area contributed by atoms with Gasteiger partial charge in [0.05, 0.1) is 11.3 Å². The second-order valence-electron chi connectivity index (χ2n) is 6.72. The van der Waals surface area contributed by atoms with Crippen molar-refractivity contribution in [2.45, 2.75) is 37.6 Å². The molecule has 3 rings (SSSR count). The van der Waals surface area contributed by atoms with Gasteiger partial charge in [-0.2, -0.15) is 0 Å². The van der Waals surface area contributed by atoms with Gasteiger partial charge in [-0.1, -0.05) is 29.8 Å². The highest BCUT2D eigenvalue weighted by Crippen LogP contribution is 2.29. The normalized spacial score (nSPS) is 26.1. The number of carbonyl (C=O) groups is 2. The number of para-hydroxylation sites is 1. The lowest BCUT2D eigenvalue weighted by molar-refractivity contribution is -0.278. The number of rotatable bonds is 5. The highest BCUT2D eigenvalue weighted by Gasteiger charge is 2.48. The fourth-order valence-corrected chi connectivity index (χ4v) is 3.15. The minimum absolute atomic E-state index is 0.0696. The first-order valence-corrected chi connectivity index (χ1v) is 9.33. The number of hydrogen-bond acceptors (Lipinski definition) is 8. The summed E-state index contributed by atoms with van der Waals surface area (Å²) in [6.45, 7) is 1.80. The Hall–Kier alpha value is -2.69. The Morgan fingerprint density at radius 3 is 2.37 bits per heavy atom. The third-order valence-corrected chi connectivity index (χ3v) is 5.13. The number of aliphatic carboxylic acids is 1.